The molecule has 1 aromatic carbocycles. The smallest absolute Gasteiger partial charge is 0.0591 e. The summed E-state index contributed by atoms with van der Waals surface area (Å²) in [7, 11) is 4.44. The van der Waals surface area contributed by atoms with Gasteiger partial charge < -0.3 is 10.1 Å². The molecule has 0 amide bonds. The third-order valence-corrected chi connectivity index (χ3v) is 4.69. The van der Waals surface area contributed by atoms with E-state index >= 15 is 0 Å². The van der Waals surface area contributed by atoms with Crippen LogP contribution in [0.15, 0.2) is 30.3 Å². The summed E-state index contributed by atoms with van der Waals surface area (Å²) in [5.41, 5.74) is 1.80. The molecule has 0 radical (unpaired) electrons. The number of ether oxygens (including phenoxy) is 1. The molecule has 21 heavy (non-hydrogen) atoms. The zero-order chi connectivity index (χ0) is 15.0. The molecule has 0 unspecified atom stereocenters. The molecule has 1 aromatic rings. The van der Waals surface area contributed by atoms with Gasteiger partial charge in [0.1, 0.15) is 0 Å². The van der Waals surface area contributed by atoms with Gasteiger partial charge >= 0.3 is 0 Å². The molecule has 0 atom stereocenters. The molecule has 1 heterocycles. The third kappa shape index (κ3) is 4.53. The van der Waals surface area contributed by atoms with E-state index in [0.717, 1.165) is 26.3 Å². The molecule has 3 rings (SSSR count). The van der Waals surface area contributed by atoms with E-state index in [1.54, 1.807) is 0 Å². The Balaban J connectivity index is 0.000000225. The first kappa shape index (κ1) is 16.5. The first-order chi connectivity index (χ1) is 10.3. The van der Waals surface area contributed by atoms with Gasteiger partial charge in [0.25, 0.3) is 0 Å². The maximum Gasteiger partial charge on any atom is 0.0591 e. The highest BCUT2D eigenvalue weighted by Gasteiger charge is 2.35. The molecule has 1 aliphatic carbocycles. The van der Waals surface area contributed by atoms with Crippen molar-refractivity contribution in [3.8, 4) is 0 Å². The van der Waals surface area contributed by atoms with Gasteiger partial charge in [0.15, 0.2) is 0 Å². The molecule has 0 bridgehead atoms. The molecular weight excluding hydrogens is 260 g/mol. The molecule has 2 fully saturated rings. The Morgan fingerprint density at radius 1 is 0.952 bits per heavy atom. The van der Waals surface area contributed by atoms with Gasteiger partial charge in [-0.05, 0) is 32.5 Å². The minimum atomic E-state index is 0.305. The van der Waals surface area contributed by atoms with Gasteiger partial charge in [0.05, 0.1) is 13.2 Å². The number of hydrogen-bond acceptors (Lipinski definition) is 3. The predicted octanol–water partition coefficient (Wildman–Crippen LogP) is 3.01. The van der Waals surface area contributed by atoms with E-state index < -0.39 is 0 Å². The van der Waals surface area contributed by atoms with Crippen molar-refractivity contribution >= 4 is 0 Å². The second-order valence-corrected chi connectivity index (χ2v) is 6.22. The molecule has 1 N–H and O–H groups in total. The second-order valence-electron chi connectivity index (χ2n) is 6.22. The molecular formula is C18H30N2O. The largest absolute Gasteiger partial charge is 0.379 e. The predicted molar refractivity (Wildman–Crippen MR) is 88.6 cm³/mol. The Morgan fingerprint density at radius 3 is 2.00 bits per heavy atom. The van der Waals surface area contributed by atoms with E-state index in [-0.39, 0.29) is 0 Å². The minimum absolute atomic E-state index is 0.305. The average molecular weight is 290 g/mol. The van der Waals surface area contributed by atoms with Crippen molar-refractivity contribution in [1.29, 1.82) is 0 Å². The zero-order valence-electron chi connectivity index (χ0n) is 13.6. The van der Waals surface area contributed by atoms with E-state index in [1.165, 1.54) is 37.7 Å². The summed E-state index contributed by atoms with van der Waals surface area (Å²) in [6.07, 6.45) is 6.76. The molecule has 0 aromatic heterocycles. The lowest BCUT2D eigenvalue weighted by Gasteiger charge is -2.43. The molecule has 1 saturated carbocycles. The van der Waals surface area contributed by atoms with Crippen LogP contribution in [0, 0.1) is 0 Å². The highest BCUT2D eigenvalue weighted by molar-refractivity contribution is 5.25. The maximum absolute atomic E-state index is 5.01. The van der Waals surface area contributed by atoms with E-state index in [1.807, 2.05) is 0 Å². The summed E-state index contributed by atoms with van der Waals surface area (Å²) in [5, 5.41) is 3.16. The summed E-state index contributed by atoms with van der Waals surface area (Å²) in [5.74, 6) is 0. The summed E-state index contributed by atoms with van der Waals surface area (Å²) < 4.78 is 5.01. The second kappa shape index (κ2) is 8.52. The van der Waals surface area contributed by atoms with Crippen molar-refractivity contribution in [2.24, 2.45) is 0 Å². The van der Waals surface area contributed by atoms with Gasteiger partial charge in [-0.3, -0.25) is 4.90 Å². The molecule has 1 aliphatic heterocycles. The fourth-order valence-electron chi connectivity index (χ4n) is 3.39. The minimum Gasteiger partial charge on any atom is -0.379 e. The number of benzene rings is 1. The van der Waals surface area contributed by atoms with Crippen LogP contribution in [0.25, 0.3) is 0 Å². The molecule has 3 heteroatoms. The normalized spacial score (nSPS) is 21.5. The van der Waals surface area contributed by atoms with Crippen LogP contribution in [-0.2, 0) is 10.3 Å². The summed E-state index contributed by atoms with van der Waals surface area (Å²) in [6.45, 7) is 3.83. The Labute approximate surface area is 129 Å². The number of nitrogens with one attached hydrogen (secondary N) is 1. The number of nitrogens with zero attached hydrogens (tertiary/aromatic N) is 1. The quantitative estimate of drug-likeness (QED) is 0.906. The third-order valence-electron chi connectivity index (χ3n) is 4.69. The fourth-order valence-corrected chi connectivity index (χ4v) is 3.39. The Kier molecular flexibility index (Phi) is 6.68. The number of hydrogen-bond donors (Lipinski definition) is 1. The van der Waals surface area contributed by atoms with Crippen LogP contribution < -0.4 is 5.32 Å². The number of morpholine rings is 1. The van der Waals surface area contributed by atoms with E-state index in [0.29, 0.717) is 5.54 Å². The SMILES string of the molecule is C1COCCN1.CN(C)C1(c2ccccc2)CCCCC1. The highest BCUT2D eigenvalue weighted by atomic mass is 16.5. The molecule has 1 saturated heterocycles. The Hall–Kier alpha value is -0.900. The van der Waals surface area contributed by atoms with Gasteiger partial charge in [-0.25, -0.2) is 0 Å². The molecule has 0 spiro atoms. The van der Waals surface area contributed by atoms with Crippen molar-refractivity contribution in [2.75, 3.05) is 40.4 Å². The maximum atomic E-state index is 5.01. The summed E-state index contributed by atoms with van der Waals surface area (Å²) in [4.78, 5) is 2.42. The van der Waals surface area contributed by atoms with Gasteiger partial charge in [-0.1, -0.05) is 49.6 Å². The number of rotatable bonds is 2. The topological polar surface area (TPSA) is 24.5 Å². The van der Waals surface area contributed by atoms with Crippen LogP contribution in [-0.4, -0.2) is 45.3 Å². The molecule has 3 nitrogen and oxygen atoms in total. The fraction of sp³-hybridized carbons (Fsp3) is 0.667. The lowest BCUT2D eigenvalue weighted by molar-refractivity contribution is 0.0988. The first-order valence-corrected chi connectivity index (χ1v) is 8.27. The van der Waals surface area contributed by atoms with Crippen LogP contribution in [0.2, 0.25) is 0 Å². The first-order valence-electron chi connectivity index (χ1n) is 8.27. The van der Waals surface area contributed by atoms with E-state index in [9.17, 15) is 0 Å². The highest BCUT2D eigenvalue weighted by Crippen LogP contribution is 2.40. The van der Waals surface area contributed by atoms with E-state index in [2.05, 4.69) is 54.6 Å². The van der Waals surface area contributed by atoms with Crippen LogP contribution in [0.3, 0.4) is 0 Å². The summed E-state index contributed by atoms with van der Waals surface area (Å²) >= 11 is 0. The van der Waals surface area contributed by atoms with Crippen molar-refractivity contribution in [3.05, 3.63) is 35.9 Å². The van der Waals surface area contributed by atoms with Crippen molar-refractivity contribution in [2.45, 2.75) is 37.6 Å². The molecule has 2 aliphatic rings. The van der Waals surface area contributed by atoms with Gasteiger partial charge in [0.2, 0.25) is 0 Å². The van der Waals surface area contributed by atoms with Gasteiger partial charge in [-0.15, -0.1) is 0 Å². The zero-order valence-corrected chi connectivity index (χ0v) is 13.6. The monoisotopic (exact) mass is 290 g/mol. The average Bonchev–Trinajstić information content (AvgIpc) is 2.58. The standard InChI is InChI=1S/C14H21N.C4H9NO/c1-15(2)14(11-7-4-8-12-14)13-9-5-3-6-10-13;1-3-6-4-2-5-1/h3,5-6,9-10H,4,7-8,11-12H2,1-2H3;5H,1-4H2. The van der Waals surface area contributed by atoms with Crippen molar-refractivity contribution in [3.63, 3.8) is 0 Å². The Bertz CT molecular complexity index is 370. The van der Waals surface area contributed by atoms with Crippen LogP contribution in [0.4, 0.5) is 0 Å². The Morgan fingerprint density at radius 2 is 1.57 bits per heavy atom. The van der Waals surface area contributed by atoms with Crippen LogP contribution >= 0.6 is 0 Å². The molecule has 118 valence electrons. The van der Waals surface area contributed by atoms with Gasteiger partial charge in [-0.2, -0.15) is 0 Å². The van der Waals surface area contributed by atoms with Crippen molar-refractivity contribution in [1.82, 2.24) is 10.2 Å². The van der Waals surface area contributed by atoms with Crippen LogP contribution in [0.1, 0.15) is 37.7 Å². The lowest BCUT2D eigenvalue weighted by Crippen LogP contribution is -2.42. The van der Waals surface area contributed by atoms with E-state index in [4.69, 9.17) is 4.74 Å². The lowest BCUT2D eigenvalue weighted by atomic mass is 9.76. The van der Waals surface area contributed by atoms with Gasteiger partial charge in [0, 0.05) is 18.6 Å². The van der Waals surface area contributed by atoms with Crippen LogP contribution in [0.5, 0.6) is 0 Å². The summed E-state index contributed by atoms with van der Waals surface area (Å²) in [6, 6.07) is 11.0. The van der Waals surface area contributed by atoms with Crippen molar-refractivity contribution < 1.29 is 4.74 Å².